The lowest BCUT2D eigenvalue weighted by molar-refractivity contribution is -0.152. The van der Waals surface area contributed by atoms with Gasteiger partial charge in [0.25, 0.3) is 0 Å². The van der Waals surface area contributed by atoms with Gasteiger partial charge < -0.3 is 4.74 Å². The number of rotatable bonds is 3. The number of aldehydes is 1. The lowest BCUT2D eigenvalue weighted by atomic mass is 10.1. The molecule has 0 aliphatic heterocycles. The van der Waals surface area contributed by atoms with Crippen LogP contribution in [-0.2, 0) is 14.3 Å². The van der Waals surface area contributed by atoms with Gasteiger partial charge in [-0.2, -0.15) is 0 Å². The number of halogens is 2. The second-order valence-corrected chi connectivity index (χ2v) is 3.71. The van der Waals surface area contributed by atoms with Crippen molar-refractivity contribution in [2.75, 3.05) is 0 Å². The Morgan fingerprint density at radius 3 is 2.67 bits per heavy atom. The highest BCUT2D eigenvalue weighted by atomic mass is 35.5. The van der Waals surface area contributed by atoms with Crippen LogP contribution >= 0.6 is 23.2 Å². The van der Waals surface area contributed by atoms with Crippen LogP contribution in [0.15, 0.2) is 18.2 Å². The highest BCUT2D eigenvalue weighted by Crippen LogP contribution is 2.27. The monoisotopic (exact) mass is 246 g/mol. The summed E-state index contributed by atoms with van der Waals surface area (Å²) in [4.78, 5) is 20.8. The first-order valence-corrected chi connectivity index (χ1v) is 4.91. The second-order valence-electron chi connectivity index (χ2n) is 2.86. The van der Waals surface area contributed by atoms with E-state index in [1.165, 1.54) is 0 Å². The van der Waals surface area contributed by atoms with Gasteiger partial charge in [-0.1, -0.05) is 29.3 Å². The van der Waals surface area contributed by atoms with Crippen molar-refractivity contribution >= 4 is 35.5 Å². The van der Waals surface area contributed by atoms with Gasteiger partial charge in [-0.05, 0) is 19.1 Å². The van der Waals surface area contributed by atoms with Gasteiger partial charge in [-0.25, -0.2) is 4.79 Å². The third-order valence-corrected chi connectivity index (χ3v) is 2.35. The molecule has 5 heteroatoms. The van der Waals surface area contributed by atoms with Crippen LogP contribution in [0, 0.1) is 0 Å². The van der Waals surface area contributed by atoms with Gasteiger partial charge in [-0.15, -0.1) is 0 Å². The number of benzene rings is 1. The SMILES string of the molecule is CC(OC(=O)C=O)c1ccc(Cl)cc1Cl. The number of esters is 1. The molecule has 0 bridgehead atoms. The van der Waals surface area contributed by atoms with Crippen LogP contribution in [0.3, 0.4) is 0 Å². The lowest BCUT2D eigenvalue weighted by Crippen LogP contribution is -2.09. The molecule has 1 rings (SSSR count). The first-order chi connectivity index (χ1) is 7.04. The average molecular weight is 247 g/mol. The Morgan fingerprint density at radius 1 is 1.47 bits per heavy atom. The van der Waals surface area contributed by atoms with Gasteiger partial charge in [-0.3, -0.25) is 4.79 Å². The van der Waals surface area contributed by atoms with Crippen LogP contribution in [0.5, 0.6) is 0 Å². The van der Waals surface area contributed by atoms with Crippen molar-refractivity contribution in [3.8, 4) is 0 Å². The van der Waals surface area contributed by atoms with Crippen LogP contribution in [0.25, 0.3) is 0 Å². The standard InChI is InChI=1S/C10H8Cl2O3/c1-6(15-10(14)5-13)8-3-2-7(11)4-9(8)12/h2-6H,1H3. The summed E-state index contributed by atoms with van der Waals surface area (Å²) in [5.41, 5.74) is 0.608. The van der Waals surface area contributed by atoms with Crippen molar-refractivity contribution in [3.05, 3.63) is 33.8 Å². The molecule has 1 unspecified atom stereocenters. The summed E-state index contributed by atoms with van der Waals surface area (Å²) in [5.74, 6) is -0.923. The molecule has 1 aromatic carbocycles. The molecule has 0 saturated carbocycles. The zero-order valence-electron chi connectivity index (χ0n) is 7.87. The number of ether oxygens (including phenoxy) is 1. The molecule has 1 aromatic rings. The molecule has 15 heavy (non-hydrogen) atoms. The average Bonchev–Trinajstić information content (AvgIpc) is 2.17. The molecule has 0 heterocycles. The maximum absolute atomic E-state index is 10.7. The minimum Gasteiger partial charge on any atom is -0.452 e. The van der Waals surface area contributed by atoms with E-state index in [1.807, 2.05) is 0 Å². The van der Waals surface area contributed by atoms with Gasteiger partial charge >= 0.3 is 5.97 Å². The molecule has 0 aliphatic rings. The predicted molar refractivity (Wildman–Crippen MR) is 57.0 cm³/mol. The van der Waals surface area contributed by atoms with E-state index in [2.05, 4.69) is 0 Å². The molecule has 0 amide bonds. The van der Waals surface area contributed by atoms with Crippen molar-refractivity contribution in [2.45, 2.75) is 13.0 Å². The van der Waals surface area contributed by atoms with E-state index in [1.54, 1.807) is 25.1 Å². The largest absolute Gasteiger partial charge is 0.452 e. The summed E-state index contributed by atoms with van der Waals surface area (Å²) in [7, 11) is 0. The van der Waals surface area contributed by atoms with E-state index < -0.39 is 12.1 Å². The molecule has 0 fully saturated rings. The Hall–Kier alpha value is -1.06. The van der Waals surface area contributed by atoms with Crippen LogP contribution < -0.4 is 0 Å². The maximum atomic E-state index is 10.7. The van der Waals surface area contributed by atoms with Crippen molar-refractivity contribution in [3.63, 3.8) is 0 Å². The van der Waals surface area contributed by atoms with E-state index in [-0.39, 0.29) is 6.29 Å². The van der Waals surface area contributed by atoms with Crippen LogP contribution in [0.4, 0.5) is 0 Å². The van der Waals surface area contributed by atoms with Crippen molar-refractivity contribution in [1.82, 2.24) is 0 Å². The number of carbonyl (C=O) groups is 2. The molecule has 0 saturated heterocycles. The van der Waals surface area contributed by atoms with Gasteiger partial charge in [0.05, 0.1) is 0 Å². The van der Waals surface area contributed by atoms with E-state index in [9.17, 15) is 9.59 Å². The Kier molecular flexibility index (Phi) is 4.12. The van der Waals surface area contributed by atoms with Crippen LogP contribution in [0.2, 0.25) is 10.0 Å². The molecular formula is C10H8Cl2O3. The number of carbonyl (C=O) groups excluding carboxylic acids is 2. The minimum atomic E-state index is -0.923. The van der Waals surface area contributed by atoms with E-state index in [0.29, 0.717) is 15.6 Å². The summed E-state index contributed by atoms with van der Waals surface area (Å²) in [6.45, 7) is 1.62. The first-order valence-electron chi connectivity index (χ1n) is 4.15. The summed E-state index contributed by atoms with van der Waals surface area (Å²) < 4.78 is 4.77. The van der Waals surface area contributed by atoms with Gasteiger partial charge in [0.2, 0.25) is 6.29 Å². The molecule has 0 aromatic heterocycles. The zero-order chi connectivity index (χ0) is 11.4. The molecular weight excluding hydrogens is 239 g/mol. The predicted octanol–water partition coefficient (Wildman–Crippen LogP) is 2.80. The molecule has 80 valence electrons. The molecule has 0 spiro atoms. The van der Waals surface area contributed by atoms with Gasteiger partial charge in [0.1, 0.15) is 6.10 Å². The molecule has 0 aliphatic carbocycles. The Morgan fingerprint density at radius 2 is 2.13 bits per heavy atom. The normalized spacial score (nSPS) is 11.9. The van der Waals surface area contributed by atoms with Crippen LogP contribution in [0.1, 0.15) is 18.6 Å². The highest BCUT2D eigenvalue weighted by molar-refractivity contribution is 6.35. The fourth-order valence-electron chi connectivity index (χ4n) is 1.10. The quantitative estimate of drug-likeness (QED) is 0.468. The van der Waals surface area contributed by atoms with E-state index in [4.69, 9.17) is 27.9 Å². The number of hydrogen-bond donors (Lipinski definition) is 0. The Bertz CT molecular complexity index is 390. The van der Waals surface area contributed by atoms with Gasteiger partial charge in [0, 0.05) is 15.6 Å². The molecule has 0 radical (unpaired) electrons. The van der Waals surface area contributed by atoms with E-state index >= 15 is 0 Å². The van der Waals surface area contributed by atoms with E-state index in [0.717, 1.165) is 0 Å². The van der Waals surface area contributed by atoms with Crippen LogP contribution in [-0.4, -0.2) is 12.3 Å². The smallest absolute Gasteiger partial charge is 0.371 e. The second kappa shape index (κ2) is 5.14. The Balaban J connectivity index is 2.86. The first kappa shape index (κ1) is 12.0. The fourth-order valence-corrected chi connectivity index (χ4v) is 1.66. The Labute approximate surface area is 96.9 Å². The minimum absolute atomic E-state index is 0.111. The molecule has 0 N–H and O–H groups in total. The summed E-state index contributed by atoms with van der Waals surface area (Å²) in [6.07, 6.45) is -0.465. The molecule has 1 atom stereocenters. The summed E-state index contributed by atoms with van der Waals surface area (Å²) in [5, 5.41) is 0.895. The highest BCUT2D eigenvalue weighted by Gasteiger charge is 2.14. The number of hydrogen-bond acceptors (Lipinski definition) is 3. The maximum Gasteiger partial charge on any atom is 0.371 e. The van der Waals surface area contributed by atoms with Gasteiger partial charge in [0.15, 0.2) is 0 Å². The topological polar surface area (TPSA) is 43.4 Å². The van der Waals surface area contributed by atoms with Crippen molar-refractivity contribution < 1.29 is 14.3 Å². The summed E-state index contributed by atoms with van der Waals surface area (Å²) >= 11 is 11.6. The fraction of sp³-hybridized carbons (Fsp3) is 0.200. The summed E-state index contributed by atoms with van der Waals surface area (Å²) in [6, 6.07) is 4.82. The third kappa shape index (κ3) is 3.22. The van der Waals surface area contributed by atoms with Crippen molar-refractivity contribution in [2.24, 2.45) is 0 Å². The van der Waals surface area contributed by atoms with Crippen molar-refractivity contribution in [1.29, 1.82) is 0 Å². The third-order valence-electron chi connectivity index (χ3n) is 1.79. The molecule has 3 nitrogen and oxygen atoms in total. The zero-order valence-corrected chi connectivity index (χ0v) is 9.38. The lowest BCUT2D eigenvalue weighted by Gasteiger charge is -2.13.